The van der Waals surface area contributed by atoms with Gasteiger partial charge in [0, 0.05) is 19.0 Å². The second kappa shape index (κ2) is 7.52. The van der Waals surface area contributed by atoms with E-state index >= 15 is 0 Å². The predicted molar refractivity (Wildman–Crippen MR) is 94.9 cm³/mol. The molecule has 1 heterocycles. The molecule has 1 aliphatic heterocycles. The Hall–Kier alpha value is -2.30. The van der Waals surface area contributed by atoms with Crippen LogP contribution >= 0.6 is 0 Å². The number of carbonyl (C=O) groups excluding carboxylic acids is 1. The lowest BCUT2D eigenvalue weighted by atomic mass is 9.89. The quantitative estimate of drug-likeness (QED) is 0.756. The summed E-state index contributed by atoms with van der Waals surface area (Å²) >= 11 is 0. The second-order valence-corrected chi connectivity index (χ2v) is 6.96. The van der Waals surface area contributed by atoms with Gasteiger partial charge in [-0.15, -0.1) is 0 Å². The number of halogens is 3. The Balaban J connectivity index is 1.64. The Morgan fingerprint density at radius 1 is 1.15 bits per heavy atom. The summed E-state index contributed by atoms with van der Waals surface area (Å²) in [6, 6.07) is 13.2. The standard InChI is InChI=1S/C21H22F3NO/c1-15-4-2-5-17(12-15)18-6-3-11-25(14-18)20(26)13-16-7-9-19(10-8-16)21(22,23)24/h2,4-5,7-10,12,18H,3,6,11,13-14H2,1H3. The number of piperidine rings is 1. The van der Waals surface area contributed by atoms with Crippen LogP contribution in [0.25, 0.3) is 0 Å². The third-order valence-corrected chi connectivity index (χ3v) is 4.92. The number of hydrogen-bond donors (Lipinski definition) is 0. The van der Waals surface area contributed by atoms with Crippen molar-refractivity contribution in [2.75, 3.05) is 13.1 Å². The van der Waals surface area contributed by atoms with Crippen LogP contribution in [-0.4, -0.2) is 23.9 Å². The van der Waals surface area contributed by atoms with Gasteiger partial charge in [-0.25, -0.2) is 0 Å². The lowest BCUT2D eigenvalue weighted by molar-refractivity contribution is -0.137. The molecule has 2 aromatic rings. The Labute approximate surface area is 151 Å². The first-order chi connectivity index (χ1) is 12.3. The normalized spacial score (nSPS) is 18.0. The van der Waals surface area contributed by atoms with E-state index in [9.17, 15) is 18.0 Å². The molecule has 0 aromatic heterocycles. The number of rotatable bonds is 3. The maximum atomic E-state index is 12.6. The Morgan fingerprint density at radius 3 is 2.54 bits per heavy atom. The first-order valence-corrected chi connectivity index (χ1v) is 8.83. The molecule has 138 valence electrons. The van der Waals surface area contributed by atoms with Crippen molar-refractivity contribution < 1.29 is 18.0 Å². The van der Waals surface area contributed by atoms with Crippen LogP contribution in [0.15, 0.2) is 48.5 Å². The van der Waals surface area contributed by atoms with Gasteiger partial charge in [0.25, 0.3) is 0 Å². The number of likely N-dealkylation sites (tertiary alicyclic amines) is 1. The van der Waals surface area contributed by atoms with Crippen LogP contribution < -0.4 is 0 Å². The number of nitrogens with zero attached hydrogens (tertiary/aromatic N) is 1. The molecule has 1 atom stereocenters. The van der Waals surface area contributed by atoms with Gasteiger partial charge in [0.2, 0.25) is 5.91 Å². The molecule has 0 aliphatic carbocycles. The van der Waals surface area contributed by atoms with Crippen molar-refractivity contribution >= 4 is 5.91 Å². The summed E-state index contributed by atoms with van der Waals surface area (Å²) in [5.74, 6) is 0.294. The second-order valence-electron chi connectivity index (χ2n) is 6.96. The third-order valence-electron chi connectivity index (χ3n) is 4.92. The number of carbonyl (C=O) groups is 1. The van der Waals surface area contributed by atoms with E-state index in [0.29, 0.717) is 24.6 Å². The van der Waals surface area contributed by atoms with Gasteiger partial charge >= 0.3 is 6.18 Å². The monoisotopic (exact) mass is 361 g/mol. The predicted octanol–water partition coefficient (Wildman–Crippen LogP) is 4.96. The largest absolute Gasteiger partial charge is 0.416 e. The molecule has 0 N–H and O–H groups in total. The van der Waals surface area contributed by atoms with Crippen LogP contribution in [-0.2, 0) is 17.4 Å². The van der Waals surface area contributed by atoms with Gasteiger partial charge in [-0.05, 0) is 43.0 Å². The molecule has 0 radical (unpaired) electrons. The smallest absolute Gasteiger partial charge is 0.342 e. The van der Waals surface area contributed by atoms with Gasteiger partial charge in [0.15, 0.2) is 0 Å². The van der Waals surface area contributed by atoms with E-state index in [0.717, 1.165) is 25.0 Å². The zero-order valence-corrected chi connectivity index (χ0v) is 14.7. The molecule has 5 heteroatoms. The fourth-order valence-electron chi connectivity index (χ4n) is 3.50. The van der Waals surface area contributed by atoms with Crippen LogP contribution in [0, 0.1) is 6.92 Å². The minimum absolute atomic E-state index is 0.0258. The minimum Gasteiger partial charge on any atom is -0.342 e. The summed E-state index contributed by atoms with van der Waals surface area (Å²) in [6.07, 6.45) is -2.22. The van der Waals surface area contributed by atoms with E-state index in [4.69, 9.17) is 0 Å². The lowest BCUT2D eigenvalue weighted by Crippen LogP contribution is -2.39. The minimum atomic E-state index is -4.35. The Kier molecular flexibility index (Phi) is 5.35. The highest BCUT2D eigenvalue weighted by Crippen LogP contribution is 2.30. The fraction of sp³-hybridized carbons (Fsp3) is 0.381. The molecule has 2 nitrogen and oxygen atoms in total. The fourth-order valence-corrected chi connectivity index (χ4v) is 3.50. The van der Waals surface area contributed by atoms with Crippen LogP contribution in [0.4, 0.5) is 13.2 Å². The van der Waals surface area contributed by atoms with Crippen LogP contribution in [0.1, 0.15) is 41.0 Å². The van der Waals surface area contributed by atoms with E-state index in [1.54, 1.807) is 0 Å². The third kappa shape index (κ3) is 4.45. The highest BCUT2D eigenvalue weighted by atomic mass is 19.4. The number of benzene rings is 2. The summed E-state index contributed by atoms with van der Waals surface area (Å²) in [6.45, 7) is 3.44. The van der Waals surface area contributed by atoms with Crippen LogP contribution in [0.3, 0.4) is 0 Å². The maximum Gasteiger partial charge on any atom is 0.416 e. The molecule has 0 spiro atoms. The molecule has 1 unspecified atom stereocenters. The van der Waals surface area contributed by atoms with E-state index in [2.05, 4.69) is 25.1 Å². The van der Waals surface area contributed by atoms with Crippen molar-refractivity contribution in [2.45, 2.75) is 38.3 Å². The number of amides is 1. The molecular weight excluding hydrogens is 339 g/mol. The molecule has 1 saturated heterocycles. The van der Waals surface area contributed by atoms with Gasteiger partial charge in [-0.3, -0.25) is 4.79 Å². The first-order valence-electron chi connectivity index (χ1n) is 8.83. The summed E-state index contributed by atoms with van der Waals surface area (Å²) in [4.78, 5) is 14.4. The SMILES string of the molecule is Cc1cccc(C2CCCN(C(=O)Cc3ccc(C(F)(F)F)cc3)C2)c1. The molecule has 1 aliphatic rings. The zero-order valence-electron chi connectivity index (χ0n) is 14.7. The average molecular weight is 361 g/mol. The van der Waals surface area contributed by atoms with Crippen molar-refractivity contribution in [1.29, 1.82) is 0 Å². The highest BCUT2D eigenvalue weighted by molar-refractivity contribution is 5.79. The number of aryl methyl sites for hydroxylation is 1. The summed E-state index contributed by atoms with van der Waals surface area (Å²) in [7, 11) is 0. The van der Waals surface area contributed by atoms with Gasteiger partial charge < -0.3 is 4.90 Å². The molecule has 0 bridgehead atoms. The molecule has 1 amide bonds. The van der Waals surface area contributed by atoms with E-state index in [-0.39, 0.29) is 12.3 Å². The zero-order chi connectivity index (χ0) is 18.7. The number of hydrogen-bond acceptors (Lipinski definition) is 1. The van der Waals surface area contributed by atoms with Gasteiger partial charge in [-0.1, -0.05) is 42.0 Å². The van der Waals surface area contributed by atoms with Crippen LogP contribution in [0.2, 0.25) is 0 Å². The van der Waals surface area contributed by atoms with Crippen molar-refractivity contribution in [2.24, 2.45) is 0 Å². The van der Waals surface area contributed by atoms with Gasteiger partial charge in [-0.2, -0.15) is 13.2 Å². The van der Waals surface area contributed by atoms with Crippen LogP contribution in [0.5, 0.6) is 0 Å². The highest BCUT2D eigenvalue weighted by Gasteiger charge is 2.30. The molecule has 1 fully saturated rings. The van der Waals surface area contributed by atoms with Gasteiger partial charge in [0.05, 0.1) is 12.0 Å². The van der Waals surface area contributed by atoms with Crippen molar-refractivity contribution in [3.63, 3.8) is 0 Å². The van der Waals surface area contributed by atoms with Crippen molar-refractivity contribution in [3.8, 4) is 0 Å². The maximum absolute atomic E-state index is 12.6. The molecule has 3 rings (SSSR count). The van der Waals surface area contributed by atoms with E-state index in [1.807, 2.05) is 11.0 Å². The molecule has 0 saturated carbocycles. The molecular formula is C21H22F3NO. The van der Waals surface area contributed by atoms with E-state index in [1.165, 1.54) is 23.3 Å². The molecule has 26 heavy (non-hydrogen) atoms. The topological polar surface area (TPSA) is 20.3 Å². The first kappa shape index (κ1) is 18.5. The molecule has 2 aromatic carbocycles. The Bertz CT molecular complexity index is 768. The number of alkyl halides is 3. The summed E-state index contributed by atoms with van der Waals surface area (Å²) in [5, 5.41) is 0. The van der Waals surface area contributed by atoms with Crippen molar-refractivity contribution in [3.05, 3.63) is 70.8 Å². The van der Waals surface area contributed by atoms with Gasteiger partial charge in [0.1, 0.15) is 0 Å². The lowest BCUT2D eigenvalue weighted by Gasteiger charge is -2.33. The van der Waals surface area contributed by atoms with E-state index < -0.39 is 11.7 Å². The summed E-state index contributed by atoms with van der Waals surface area (Å²) < 4.78 is 37.9. The Morgan fingerprint density at radius 2 is 1.88 bits per heavy atom. The van der Waals surface area contributed by atoms with Crippen molar-refractivity contribution in [1.82, 2.24) is 4.90 Å². The summed E-state index contributed by atoms with van der Waals surface area (Å²) in [5.41, 5.74) is 2.37. The average Bonchev–Trinajstić information content (AvgIpc) is 2.61.